The molecule has 1 fully saturated rings. The maximum absolute atomic E-state index is 13.1. The van der Waals surface area contributed by atoms with Gasteiger partial charge < -0.3 is 9.64 Å². The fraction of sp³-hybridized carbons (Fsp3) is 0.276. The molecule has 0 radical (unpaired) electrons. The molecule has 1 aliphatic heterocycles. The molecule has 3 heterocycles. The fourth-order valence-electron chi connectivity index (χ4n) is 4.97. The van der Waals surface area contributed by atoms with E-state index in [1.54, 1.807) is 18.3 Å². The summed E-state index contributed by atoms with van der Waals surface area (Å²) >= 11 is 0. The van der Waals surface area contributed by atoms with E-state index < -0.39 is 11.7 Å². The summed E-state index contributed by atoms with van der Waals surface area (Å²) in [5, 5.41) is 0. The SMILES string of the molecule is C=CC(=O)N1CCCCC1c1nc(-c2cccc(OCc3cccc(C(F)(F)F)c3)c2)c2c(C)nccn12. The minimum atomic E-state index is -4.41. The van der Waals surface area contributed by atoms with Crippen molar-refractivity contribution in [3.05, 3.63) is 96.2 Å². The second-order valence-corrected chi connectivity index (χ2v) is 9.31. The van der Waals surface area contributed by atoms with Gasteiger partial charge in [-0.2, -0.15) is 13.2 Å². The zero-order valence-electron chi connectivity index (χ0n) is 20.9. The Kier molecular flexibility index (Phi) is 6.93. The van der Waals surface area contributed by atoms with Crippen molar-refractivity contribution in [1.29, 1.82) is 0 Å². The zero-order valence-corrected chi connectivity index (χ0v) is 20.9. The predicted molar refractivity (Wildman–Crippen MR) is 137 cm³/mol. The van der Waals surface area contributed by atoms with E-state index in [9.17, 15) is 18.0 Å². The highest BCUT2D eigenvalue weighted by atomic mass is 19.4. The number of amides is 1. The molecule has 0 bridgehead atoms. The van der Waals surface area contributed by atoms with Gasteiger partial charge in [0, 0.05) is 24.5 Å². The fourth-order valence-corrected chi connectivity index (χ4v) is 4.97. The number of likely N-dealkylation sites (tertiary alicyclic amines) is 1. The molecule has 6 nitrogen and oxygen atoms in total. The van der Waals surface area contributed by atoms with Crippen molar-refractivity contribution in [3.8, 4) is 17.0 Å². The van der Waals surface area contributed by atoms with Crippen molar-refractivity contribution >= 4 is 11.4 Å². The number of halogens is 3. The lowest BCUT2D eigenvalue weighted by Gasteiger charge is -2.34. The number of carbonyl (C=O) groups is 1. The highest BCUT2D eigenvalue weighted by molar-refractivity contribution is 5.87. The van der Waals surface area contributed by atoms with E-state index >= 15 is 0 Å². The van der Waals surface area contributed by atoms with Crippen LogP contribution in [0.2, 0.25) is 0 Å². The van der Waals surface area contributed by atoms with Crippen LogP contribution in [0.3, 0.4) is 0 Å². The topological polar surface area (TPSA) is 59.7 Å². The molecule has 1 unspecified atom stereocenters. The Hall–Kier alpha value is -4.14. The molecule has 5 rings (SSSR count). The zero-order chi connectivity index (χ0) is 26.9. The van der Waals surface area contributed by atoms with Crippen LogP contribution < -0.4 is 4.74 Å². The minimum Gasteiger partial charge on any atom is -0.489 e. The number of nitrogens with zero attached hydrogens (tertiary/aromatic N) is 4. The van der Waals surface area contributed by atoms with Crippen molar-refractivity contribution in [2.75, 3.05) is 6.54 Å². The number of imidazole rings is 1. The number of fused-ring (bicyclic) bond motifs is 1. The van der Waals surface area contributed by atoms with Crippen LogP contribution in [0.1, 0.15) is 47.9 Å². The van der Waals surface area contributed by atoms with Crippen LogP contribution in [0.5, 0.6) is 5.75 Å². The Bertz CT molecular complexity index is 1490. The standard InChI is InChI=1S/C29H27F3N4O2/c1-3-25(37)35-14-5-4-12-24(35)28-34-26(27-19(2)33-13-15-36(27)28)21-9-7-11-23(17-21)38-18-20-8-6-10-22(16-20)29(30,31)32/h3,6-11,13,15-17,24H,1,4-5,12,14,18H2,2H3. The summed E-state index contributed by atoms with van der Waals surface area (Å²) in [6.45, 7) is 6.20. The average molecular weight is 521 g/mol. The van der Waals surface area contributed by atoms with E-state index in [4.69, 9.17) is 9.72 Å². The Labute approximate surface area is 218 Å². The van der Waals surface area contributed by atoms with Crippen molar-refractivity contribution in [1.82, 2.24) is 19.3 Å². The van der Waals surface area contributed by atoms with Crippen LogP contribution in [-0.2, 0) is 17.6 Å². The van der Waals surface area contributed by atoms with Gasteiger partial charge in [0.05, 0.1) is 28.5 Å². The second kappa shape index (κ2) is 10.3. The van der Waals surface area contributed by atoms with Crippen molar-refractivity contribution in [2.24, 2.45) is 0 Å². The molecular formula is C29H27F3N4O2. The number of benzene rings is 2. The molecule has 2 aromatic heterocycles. The molecule has 2 aromatic carbocycles. The first-order valence-corrected chi connectivity index (χ1v) is 12.4. The van der Waals surface area contributed by atoms with Crippen molar-refractivity contribution < 1.29 is 22.7 Å². The number of aromatic nitrogens is 3. The van der Waals surface area contributed by atoms with Crippen LogP contribution in [0.4, 0.5) is 13.2 Å². The minimum absolute atomic E-state index is 0.0101. The number of ether oxygens (including phenoxy) is 1. The normalized spacial score (nSPS) is 16.0. The summed E-state index contributed by atoms with van der Waals surface area (Å²) in [6.07, 6.45) is 3.21. The van der Waals surface area contributed by atoms with Crippen LogP contribution in [0.25, 0.3) is 16.8 Å². The number of carbonyl (C=O) groups excluding carboxylic acids is 1. The molecule has 1 aliphatic rings. The molecule has 0 aliphatic carbocycles. The lowest BCUT2D eigenvalue weighted by Crippen LogP contribution is -2.38. The van der Waals surface area contributed by atoms with Gasteiger partial charge in [0.2, 0.25) is 5.91 Å². The van der Waals surface area contributed by atoms with Gasteiger partial charge in [0.25, 0.3) is 0 Å². The third kappa shape index (κ3) is 5.01. The molecule has 38 heavy (non-hydrogen) atoms. The predicted octanol–water partition coefficient (Wildman–Crippen LogP) is 6.54. The number of rotatable bonds is 6. The van der Waals surface area contributed by atoms with E-state index in [1.807, 2.05) is 40.6 Å². The number of aryl methyl sites for hydroxylation is 1. The summed E-state index contributed by atoms with van der Waals surface area (Å²) in [6, 6.07) is 12.2. The van der Waals surface area contributed by atoms with Crippen LogP contribution >= 0.6 is 0 Å². The molecule has 9 heteroatoms. The molecular weight excluding hydrogens is 493 g/mol. The van der Waals surface area contributed by atoms with Gasteiger partial charge in [-0.3, -0.25) is 14.2 Å². The molecule has 0 N–H and O–H groups in total. The first-order chi connectivity index (χ1) is 18.3. The maximum atomic E-state index is 13.1. The number of piperidine rings is 1. The summed E-state index contributed by atoms with van der Waals surface area (Å²) < 4.78 is 47.1. The maximum Gasteiger partial charge on any atom is 0.416 e. The molecule has 0 spiro atoms. The summed E-state index contributed by atoms with van der Waals surface area (Å²) in [5.41, 5.74) is 2.81. The highest BCUT2D eigenvalue weighted by Gasteiger charge is 2.32. The quantitative estimate of drug-likeness (QED) is 0.271. The van der Waals surface area contributed by atoms with E-state index in [-0.39, 0.29) is 18.6 Å². The van der Waals surface area contributed by atoms with Gasteiger partial charge in [0.15, 0.2) is 0 Å². The lowest BCUT2D eigenvalue weighted by atomic mass is 10.0. The molecule has 1 atom stereocenters. The Balaban J connectivity index is 1.49. The van der Waals surface area contributed by atoms with Gasteiger partial charge in [-0.1, -0.05) is 30.8 Å². The van der Waals surface area contributed by atoms with Gasteiger partial charge in [-0.25, -0.2) is 4.98 Å². The van der Waals surface area contributed by atoms with E-state index in [0.717, 1.165) is 54.0 Å². The van der Waals surface area contributed by atoms with Crippen LogP contribution in [-0.4, -0.2) is 31.7 Å². The molecule has 1 amide bonds. The summed E-state index contributed by atoms with van der Waals surface area (Å²) in [5.74, 6) is 1.14. The summed E-state index contributed by atoms with van der Waals surface area (Å²) in [7, 11) is 0. The smallest absolute Gasteiger partial charge is 0.416 e. The van der Waals surface area contributed by atoms with E-state index in [1.165, 1.54) is 12.1 Å². The molecule has 0 saturated carbocycles. The second-order valence-electron chi connectivity index (χ2n) is 9.31. The lowest BCUT2D eigenvalue weighted by molar-refractivity contribution is -0.137. The van der Waals surface area contributed by atoms with Gasteiger partial charge in [0.1, 0.15) is 18.2 Å². The average Bonchev–Trinajstić information content (AvgIpc) is 3.32. The summed E-state index contributed by atoms with van der Waals surface area (Å²) in [4.78, 5) is 23.9. The van der Waals surface area contributed by atoms with Crippen molar-refractivity contribution in [2.45, 2.75) is 45.0 Å². The van der Waals surface area contributed by atoms with Gasteiger partial charge in [-0.15, -0.1) is 0 Å². The number of hydrogen-bond donors (Lipinski definition) is 0. The largest absolute Gasteiger partial charge is 0.489 e. The first kappa shape index (κ1) is 25.5. The van der Waals surface area contributed by atoms with Crippen LogP contribution in [0, 0.1) is 6.92 Å². The van der Waals surface area contributed by atoms with E-state index in [2.05, 4.69) is 11.6 Å². The Morgan fingerprint density at radius 3 is 2.79 bits per heavy atom. The number of alkyl halides is 3. The third-order valence-corrected chi connectivity index (χ3v) is 6.79. The van der Waals surface area contributed by atoms with E-state index in [0.29, 0.717) is 23.6 Å². The highest BCUT2D eigenvalue weighted by Crippen LogP contribution is 2.36. The molecule has 4 aromatic rings. The Morgan fingerprint density at radius 1 is 1.18 bits per heavy atom. The molecule has 196 valence electrons. The third-order valence-electron chi connectivity index (χ3n) is 6.79. The Morgan fingerprint density at radius 2 is 2.00 bits per heavy atom. The molecule has 1 saturated heterocycles. The van der Waals surface area contributed by atoms with Crippen LogP contribution in [0.15, 0.2) is 73.6 Å². The number of hydrogen-bond acceptors (Lipinski definition) is 4. The monoisotopic (exact) mass is 520 g/mol. The first-order valence-electron chi connectivity index (χ1n) is 12.4. The van der Waals surface area contributed by atoms with Gasteiger partial charge in [-0.05, 0) is 62.1 Å². The van der Waals surface area contributed by atoms with Gasteiger partial charge >= 0.3 is 6.18 Å². The van der Waals surface area contributed by atoms with Crippen molar-refractivity contribution in [3.63, 3.8) is 0 Å².